The summed E-state index contributed by atoms with van der Waals surface area (Å²) in [4.78, 5) is 3.56. The molecule has 2 unspecified atom stereocenters. The van der Waals surface area contributed by atoms with Gasteiger partial charge < -0.3 is 10.2 Å². The molecule has 2 aromatic rings. The highest BCUT2D eigenvalue weighted by Crippen LogP contribution is 2.33. The maximum absolute atomic E-state index is 6.34. The van der Waals surface area contributed by atoms with Gasteiger partial charge >= 0.3 is 0 Å². The summed E-state index contributed by atoms with van der Waals surface area (Å²) in [5.41, 5.74) is 6.34. The highest BCUT2D eigenvalue weighted by atomic mass is 79.9. The van der Waals surface area contributed by atoms with Gasteiger partial charge in [-0.15, -0.1) is 11.3 Å². The van der Waals surface area contributed by atoms with Crippen LogP contribution in [0.4, 0.5) is 0 Å². The molecule has 0 aliphatic rings. The summed E-state index contributed by atoms with van der Waals surface area (Å²) < 4.78 is 6.81. The summed E-state index contributed by atoms with van der Waals surface area (Å²) >= 11 is 5.28. The van der Waals surface area contributed by atoms with E-state index in [2.05, 4.69) is 46.9 Å². The van der Waals surface area contributed by atoms with Crippen LogP contribution in [0.2, 0.25) is 0 Å². The number of thiophene rings is 1. The number of likely N-dealkylation sites (N-methyl/N-ethyl adjacent to an activating group) is 1. The molecule has 5 heteroatoms. The quantitative estimate of drug-likeness (QED) is 0.837. The summed E-state index contributed by atoms with van der Waals surface area (Å²) in [6.45, 7) is 4.86. The van der Waals surface area contributed by atoms with Crippen molar-refractivity contribution in [2.45, 2.75) is 38.9 Å². The van der Waals surface area contributed by atoms with Gasteiger partial charge in [0.1, 0.15) is 11.5 Å². The molecule has 3 nitrogen and oxygen atoms in total. The molecule has 0 saturated heterocycles. The maximum Gasteiger partial charge on any atom is 0.118 e. The third kappa shape index (κ3) is 3.73. The van der Waals surface area contributed by atoms with Crippen molar-refractivity contribution < 1.29 is 4.42 Å². The van der Waals surface area contributed by atoms with Crippen molar-refractivity contribution in [1.29, 1.82) is 0 Å². The van der Waals surface area contributed by atoms with Crippen molar-refractivity contribution in [3.63, 3.8) is 0 Å². The lowest BCUT2D eigenvalue weighted by Gasteiger charge is -2.31. The SMILES string of the molecule is CCC(N)C(c1ccc(Br)s1)N(C)Cc1ccc(C)o1. The fourth-order valence-electron chi connectivity index (χ4n) is 2.38. The van der Waals surface area contributed by atoms with Crippen LogP contribution in [-0.4, -0.2) is 18.0 Å². The number of nitrogens with zero attached hydrogens (tertiary/aromatic N) is 1. The van der Waals surface area contributed by atoms with Crippen LogP contribution < -0.4 is 5.73 Å². The van der Waals surface area contributed by atoms with E-state index in [0.717, 1.165) is 28.3 Å². The minimum Gasteiger partial charge on any atom is -0.465 e. The molecular weight excluding hydrogens is 336 g/mol. The summed E-state index contributed by atoms with van der Waals surface area (Å²) in [5, 5.41) is 0. The molecule has 0 amide bonds. The Morgan fingerprint density at radius 2 is 2.10 bits per heavy atom. The lowest BCUT2D eigenvalue weighted by molar-refractivity contribution is 0.190. The molecule has 0 radical (unpaired) electrons. The van der Waals surface area contributed by atoms with Crippen LogP contribution in [0.3, 0.4) is 0 Å². The molecule has 2 heterocycles. The molecule has 0 spiro atoms. The van der Waals surface area contributed by atoms with E-state index in [1.54, 1.807) is 11.3 Å². The van der Waals surface area contributed by atoms with E-state index in [4.69, 9.17) is 10.2 Å². The standard InChI is InChI=1S/C15H21BrN2OS/c1-4-12(17)15(13-7-8-14(16)20-13)18(3)9-11-6-5-10(2)19-11/h5-8,12,15H,4,9,17H2,1-3H3. The lowest BCUT2D eigenvalue weighted by atomic mass is 10.0. The van der Waals surface area contributed by atoms with Crippen LogP contribution >= 0.6 is 27.3 Å². The summed E-state index contributed by atoms with van der Waals surface area (Å²) in [6.07, 6.45) is 0.946. The third-order valence-corrected chi connectivity index (χ3v) is 5.13. The molecule has 20 heavy (non-hydrogen) atoms. The van der Waals surface area contributed by atoms with E-state index >= 15 is 0 Å². The van der Waals surface area contributed by atoms with Gasteiger partial charge in [0.05, 0.1) is 16.4 Å². The first kappa shape index (κ1) is 15.8. The first-order valence-corrected chi connectivity index (χ1v) is 8.38. The third-order valence-electron chi connectivity index (χ3n) is 3.44. The normalized spacial score (nSPS) is 14.7. The Morgan fingerprint density at radius 1 is 1.35 bits per heavy atom. The summed E-state index contributed by atoms with van der Waals surface area (Å²) in [6, 6.07) is 8.59. The fraction of sp³-hybridized carbons (Fsp3) is 0.467. The zero-order valence-electron chi connectivity index (χ0n) is 12.1. The minimum absolute atomic E-state index is 0.113. The van der Waals surface area contributed by atoms with E-state index in [-0.39, 0.29) is 12.1 Å². The number of rotatable bonds is 6. The predicted octanol–water partition coefficient (Wildman–Crippen LogP) is 4.32. The Morgan fingerprint density at radius 3 is 2.60 bits per heavy atom. The number of hydrogen-bond donors (Lipinski definition) is 1. The summed E-state index contributed by atoms with van der Waals surface area (Å²) in [5.74, 6) is 1.93. The molecule has 2 rings (SSSR count). The second-order valence-electron chi connectivity index (χ2n) is 5.09. The van der Waals surface area contributed by atoms with E-state index in [1.807, 2.05) is 19.1 Å². The van der Waals surface area contributed by atoms with Crippen molar-refractivity contribution in [3.05, 3.63) is 44.4 Å². The molecule has 2 atom stereocenters. The van der Waals surface area contributed by atoms with Gasteiger partial charge in [-0.05, 0) is 60.6 Å². The van der Waals surface area contributed by atoms with E-state index < -0.39 is 0 Å². The van der Waals surface area contributed by atoms with Crippen LogP contribution in [0.1, 0.15) is 35.8 Å². The van der Waals surface area contributed by atoms with Crippen molar-refractivity contribution in [2.24, 2.45) is 5.73 Å². The molecule has 0 bridgehead atoms. The average molecular weight is 357 g/mol. The van der Waals surface area contributed by atoms with Crippen LogP contribution in [0.25, 0.3) is 0 Å². The minimum atomic E-state index is 0.113. The van der Waals surface area contributed by atoms with E-state index in [9.17, 15) is 0 Å². The number of halogens is 1. The first-order chi connectivity index (χ1) is 9.51. The Hall–Kier alpha value is -0.620. The van der Waals surface area contributed by atoms with Crippen LogP contribution in [0.15, 0.2) is 32.5 Å². The highest BCUT2D eigenvalue weighted by Gasteiger charge is 2.25. The van der Waals surface area contributed by atoms with Crippen molar-refractivity contribution in [2.75, 3.05) is 7.05 Å². The van der Waals surface area contributed by atoms with Crippen LogP contribution in [0.5, 0.6) is 0 Å². The highest BCUT2D eigenvalue weighted by molar-refractivity contribution is 9.11. The van der Waals surface area contributed by atoms with Gasteiger partial charge in [0.2, 0.25) is 0 Å². The smallest absolute Gasteiger partial charge is 0.118 e. The van der Waals surface area contributed by atoms with Gasteiger partial charge in [0, 0.05) is 10.9 Å². The number of aryl methyl sites for hydroxylation is 1. The summed E-state index contributed by atoms with van der Waals surface area (Å²) in [7, 11) is 2.10. The molecule has 0 fully saturated rings. The molecule has 110 valence electrons. The van der Waals surface area contributed by atoms with Crippen molar-refractivity contribution in [1.82, 2.24) is 4.90 Å². The Labute approximate surface area is 132 Å². The van der Waals surface area contributed by atoms with Crippen molar-refractivity contribution >= 4 is 27.3 Å². The first-order valence-electron chi connectivity index (χ1n) is 6.77. The van der Waals surface area contributed by atoms with Gasteiger partial charge in [0.15, 0.2) is 0 Å². The monoisotopic (exact) mass is 356 g/mol. The van der Waals surface area contributed by atoms with Crippen molar-refractivity contribution in [3.8, 4) is 0 Å². The molecule has 0 aromatic carbocycles. The Kier molecular flexibility index (Phi) is 5.43. The van der Waals surface area contributed by atoms with Gasteiger partial charge in [-0.3, -0.25) is 4.90 Å². The van der Waals surface area contributed by atoms with Gasteiger partial charge in [-0.1, -0.05) is 6.92 Å². The molecular formula is C15H21BrN2OS. The average Bonchev–Trinajstić information content (AvgIpc) is 2.99. The molecule has 2 aromatic heterocycles. The van der Waals surface area contributed by atoms with E-state index in [1.165, 1.54) is 4.88 Å². The molecule has 2 N–H and O–H groups in total. The Bertz CT molecular complexity index is 552. The molecule has 0 aliphatic heterocycles. The lowest BCUT2D eigenvalue weighted by Crippen LogP contribution is -2.38. The topological polar surface area (TPSA) is 42.4 Å². The van der Waals surface area contributed by atoms with Crippen LogP contribution in [-0.2, 0) is 6.54 Å². The maximum atomic E-state index is 6.34. The van der Waals surface area contributed by atoms with Gasteiger partial charge in [-0.2, -0.15) is 0 Å². The molecule has 0 aliphatic carbocycles. The number of nitrogens with two attached hydrogens (primary N) is 1. The van der Waals surface area contributed by atoms with Gasteiger partial charge in [-0.25, -0.2) is 0 Å². The zero-order valence-corrected chi connectivity index (χ0v) is 14.5. The second kappa shape index (κ2) is 6.89. The number of hydrogen-bond acceptors (Lipinski definition) is 4. The molecule has 0 saturated carbocycles. The Balaban J connectivity index is 2.17. The predicted molar refractivity (Wildman–Crippen MR) is 87.9 cm³/mol. The largest absolute Gasteiger partial charge is 0.465 e. The number of furan rings is 1. The zero-order chi connectivity index (χ0) is 14.7. The fourth-order valence-corrected chi connectivity index (χ4v) is 4.05. The van der Waals surface area contributed by atoms with E-state index in [0.29, 0.717) is 0 Å². The van der Waals surface area contributed by atoms with Crippen LogP contribution in [0, 0.1) is 6.92 Å². The van der Waals surface area contributed by atoms with Gasteiger partial charge in [0.25, 0.3) is 0 Å². The second-order valence-corrected chi connectivity index (χ2v) is 7.58.